The standard InChI is InChI=1S/C18H16F3N5O2S/c1-11(27)24-14(16-3-2-6-29-16)8-17(28)25-13-7-12(18(19,20)21)4-5-15(13)26-10-22-9-23-26/h2-7,9-10,14H,8H2,1H3,(H,24,27)(H,25,28). The van der Waals surface area contributed by atoms with E-state index in [4.69, 9.17) is 0 Å². The van der Waals surface area contributed by atoms with Gasteiger partial charge in [0, 0.05) is 11.8 Å². The van der Waals surface area contributed by atoms with Crippen LogP contribution in [0.25, 0.3) is 5.69 Å². The summed E-state index contributed by atoms with van der Waals surface area (Å²) in [7, 11) is 0. The molecule has 2 heterocycles. The SMILES string of the molecule is CC(=O)NC(CC(=O)Nc1cc(C(F)(F)F)ccc1-n1cncn1)c1cccs1. The van der Waals surface area contributed by atoms with Crippen molar-refractivity contribution in [3.05, 3.63) is 58.8 Å². The topological polar surface area (TPSA) is 88.9 Å². The second kappa shape index (κ2) is 8.43. The number of benzene rings is 1. The fraction of sp³-hybridized carbons (Fsp3) is 0.222. The van der Waals surface area contributed by atoms with E-state index in [2.05, 4.69) is 20.7 Å². The Morgan fingerprint density at radius 2 is 2.07 bits per heavy atom. The lowest BCUT2D eigenvalue weighted by Gasteiger charge is -2.18. The lowest BCUT2D eigenvalue weighted by atomic mass is 10.1. The zero-order valence-corrected chi connectivity index (χ0v) is 15.9. The van der Waals surface area contributed by atoms with Gasteiger partial charge in [-0.25, -0.2) is 9.67 Å². The molecule has 1 aromatic carbocycles. The molecule has 152 valence electrons. The maximum atomic E-state index is 13.1. The quantitative estimate of drug-likeness (QED) is 0.635. The van der Waals surface area contributed by atoms with Crippen LogP contribution in [-0.4, -0.2) is 26.6 Å². The van der Waals surface area contributed by atoms with Gasteiger partial charge in [0.25, 0.3) is 0 Å². The highest BCUT2D eigenvalue weighted by Crippen LogP contribution is 2.33. The summed E-state index contributed by atoms with van der Waals surface area (Å²) >= 11 is 1.36. The van der Waals surface area contributed by atoms with Crippen LogP contribution in [0.4, 0.5) is 18.9 Å². The number of nitrogens with zero attached hydrogens (tertiary/aromatic N) is 3. The highest BCUT2D eigenvalue weighted by atomic mass is 32.1. The summed E-state index contributed by atoms with van der Waals surface area (Å²) in [5.41, 5.74) is -0.743. The summed E-state index contributed by atoms with van der Waals surface area (Å²) in [5.74, 6) is -0.878. The van der Waals surface area contributed by atoms with Crippen molar-refractivity contribution in [3.8, 4) is 5.69 Å². The fourth-order valence-corrected chi connectivity index (χ4v) is 3.47. The van der Waals surface area contributed by atoms with Crippen molar-refractivity contribution in [2.75, 3.05) is 5.32 Å². The molecule has 0 aliphatic rings. The highest BCUT2D eigenvalue weighted by molar-refractivity contribution is 7.10. The van der Waals surface area contributed by atoms with Crippen LogP contribution in [0.2, 0.25) is 0 Å². The molecule has 0 saturated carbocycles. The Morgan fingerprint density at radius 3 is 2.66 bits per heavy atom. The van der Waals surface area contributed by atoms with Gasteiger partial charge >= 0.3 is 6.18 Å². The third kappa shape index (κ3) is 5.19. The van der Waals surface area contributed by atoms with Gasteiger partial charge in [0.05, 0.1) is 29.4 Å². The summed E-state index contributed by atoms with van der Waals surface area (Å²) in [6, 6.07) is 5.91. The lowest BCUT2D eigenvalue weighted by Crippen LogP contribution is -2.29. The smallest absolute Gasteiger partial charge is 0.348 e. The number of halogens is 3. The molecular formula is C18H16F3N5O2S. The number of aromatic nitrogens is 3. The summed E-state index contributed by atoms with van der Waals surface area (Å²) < 4.78 is 40.6. The number of hydrogen-bond acceptors (Lipinski definition) is 5. The highest BCUT2D eigenvalue weighted by Gasteiger charge is 2.31. The minimum Gasteiger partial charge on any atom is -0.348 e. The number of carbonyl (C=O) groups is 2. The number of alkyl halides is 3. The van der Waals surface area contributed by atoms with Crippen molar-refractivity contribution >= 4 is 28.8 Å². The molecule has 1 unspecified atom stereocenters. The second-order valence-electron chi connectivity index (χ2n) is 6.09. The van der Waals surface area contributed by atoms with Crippen LogP contribution in [-0.2, 0) is 15.8 Å². The summed E-state index contributed by atoms with van der Waals surface area (Å²) in [4.78, 5) is 28.6. The molecule has 7 nitrogen and oxygen atoms in total. The summed E-state index contributed by atoms with van der Waals surface area (Å²) in [5, 5.41) is 10.9. The molecule has 11 heteroatoms. The number of anilines is 1. The Balaban J connectivity index is 1.87. The van der Waals surface area contributed by atoms with E-state index in [1.54, 1.807) is 17.5 Å². The predicted molar refractivity (Wildman–Crippen MR) is 100 cm³/mol. The Bertz CT molecular complexity index is 988. The first-order valence-corrected chi connectivity index (χ1v) is 9.28. The van der Waals surface area contributed by atoms with E-state index in [0.29, 0.717) is 0 Å². The first kappa shape index (κ1) is 20.5. The minimum absolute atomic E-state index is 0.0666. The molecule has 2 aromatic heterocycles. The zero-order valence-electron chi connectivity index (χ0n) is 15.1. The Kier molecular flexibility index (Phi) is 5.97. The molecule has 2 amide bonds. The van der Waals surface area contributed by atoms with Crippen LogP contribution >= 0.6 is 11.3 Å². The maximum Gasteiger partial charge on any atom is 0.416 e. The van der Waals surface area contributed by atoms with Crippen molar-refractivity contribution in [1.29, 1.82) is 0 Å². The molecule has 0 fully saturated rings. The Morgan fingerprint density at radius 1 is 1.28 bits per heavy atom. The predicted octanol–water partition coefficient (Wildman–Crippen LogP) is 3.55. The number of amides is 2. The van der Waals surface area contributed by atoms with Gasteiger partial charge in [0.1, 0.15) is 12.7 Å². The maximum absolute atomic E-state index is 13.1. The molecule has 2 N–H and O–H groups in total. The van der Waals surface area contributed by atoms with Crippen molar-refractivity contribution in [3.63, 3.8) is 0 Å². The van der Waals surface area contributed by atoms with E-state index in [1.165, 1.54) is 41.7 Å². The largest absolute Gasteiger partial charge is 0.416 e. The van der Waals surface area contributed by atoms with Crippen LogP contribution in [0, 0.1) is 0 Å². The Hall–Kier alpha value is -3.21. The molecule has 0 spiro atoms. The van der Waals surface area contributed by atoms with E-state index in [0.717, 1.165) is 17.0 Å². The van der Waals surface area contributed by atoms with Crippen molar-refractivity contribution in [1.82, 2.24) is 20.1 Å². The van der Waals surface area contributed by atoms with Crippen LogP contribution in [0.5, 0.6) is 0 Å². The number of thiophene rings is 1. The summed E-state index contributed by atoms with van der Waals surface area (Å²) in [6.07, 6.45) is -2.18. The average molecular weight is 423 g/mol. The van der Waals surface area contributed by atoms with Crippen molar-refractivity contribution in [2.24, 2.45) is 0 Å². The zero-order chi connectivity index (χ0) is 21.0. The van der Waals surface area contributed by atoms with Gasteiger partial charge < -0.3 is 10.6 Å². The van der Waals surface area contributed by atoms with E-state index < -0.39 is 23.7 Å². The van der Waals surface area contributed by atoms with E-state index in [1.807, 2.05) is 0 Å². The third-order valence-corrected chi connectivity index (χ3v) is 4.90. The molecule has 0 radical (unpaired) electrons. The van der Waals surface area contributed by atoms with Gasteiger partial charge in [-0.1, -0.05) is 6.07 Å². The number of rotatable bonds is 6. The molecular weight excluding hydrogens is 407 g/mol. The molecule has 0 aliphatic heterocycles. The number of hydrogen-bond donors (Lipinski definition) is 2. The first-order valence-electron chi connectivity index (χ1n) is 8.40. The second-order valence-corrected chi connectivity index (χ2v) is 7.07. The number of carbonyl (C=O) groups excluding carboxylic acids is 2. The molecule has 3 rings (SSSR count). The van der Waals surface area contributed by atoms with Crippen molar-refractivity contribution in [2.45, 2.75) is 25.6 Å². The van der Waals surface area contributed by atoms with Gasteiger partial charge in [-0.2, -0.15) is 18.3 Å². The fourth-order valence-electron chi connectivity index (χ4n) is 2.69. The van der Waals surface area contributed by atoms with Crippen LogP contribution < -0.4 is 10.6 Å². The third-order valence-electron chi connectivity index (χ3n) is 3.92. The van der Waals surface area contributed by atoms with Gasteiger partial charge in [0.15, 0.2) is 0 Å². The van der Waals surface area contributed by atoms with Crippen molar-refractivity contribution < 1.29 is 22.8 Å². The van der Waals surface area contributed by atoms with E-state index >= 15 is 0 Å². The molecule has 0 bridgehead atoms. The molecule has 29 heavy (non-hydrogen) atoms. The summed E-state index contributed by atoms with van der Waals surface area (Å²) in [6.45, 7) is 1.33. The molecule has 0 saturated heterocycles. The van der Waals surface area contributed by atoms with Crippen LogP contribution in [0.1, 0.15) is 29.8 Å². The Labute approximate surface area is 167 Å². The normalized spacial score (nSPS) is 12.4. The minimum atomic E-state index is -4.57. The van der Waals surface area contributed by atoms with Gasteiger partial charge in [0.2, 0.25) is 11.8 Å². The monoisotopic (exact) mass is 423 g/mol. The first-order chi connectivity index (χ1) is 13.7. The molecule has 1 atom stereocenters. The van der Waals surface area contributed by atoms with E-state index in [9.17, 15) is 22.8 Å². The van der Waals surface area contributed by atoms with E-state index in [-0.39, 0.29) is 23.7 Å². The average Bonchev–Trinajstić information content (AvgIpc) is 3.34. The molecule has 0 aliphatic carbocycles. The van der Waals surface area contributed by atoms with Crippen LogP contribution in [0.3, 0.4) is 0 Å². The van der Waals surface area contributed by atoms with Crippen LogP contribution in [0.15, 0.2) is 48.4 Å². The lowest BCUT2D eigenvalue weighted by molar-refractivity contribution is -0.137. The van der Waals surface area contributed by atoms with Gasteiger partial charge in [-0.05, 0) is 29.6 Å². The van der Waals surface area contributed by atoms with Gasteiger partial charge in [-0.15, -0.1) is 11.3 Å². The van der Waals surface area contributed by atoms with Gasteiger partial charge in [-0.3, -0.25) is 9.59 Å². The number of nitrogens with one attached hydrogen (secondary N) is 2. The molecule has 3 aromatic rings.